The van der Waals surface area contributed by atoms with Crippen molar-refractivity contribution >= 4 is 43.6 Å². The van der Waals surface area contributed by atoms with Crippen molar-refractivity contribution in [2.75, 3.05) is 0 Å². The van der Waals surface area contributed by atoms with Crippen LogP contribution in [0, 0.1) is 10.8 Å². The van der Waals surface area contributed by atoms with Crippen LogP contribution in [0.2, 0.25) is 0 Å². The maximum Gasteiger partial charge on any atom is 0.303 e. The summed E-state index contributed by atoms with van der Waals surface area (Å²) in [5.74, 6) is -0.696. The van der Waals surface area contributed by atoms with Crippen molar-refractivity contribution in [3.05, 3.63) is 0 Å². The number of aliphatic carboxylic acids is 1. The predicted molar refractivity (Wildman–Crippen MR) is 67.1 cm³/mol. The Balaban J connectivity index is 2.52. The average Bonchev–Trinajstić information content (AvgIpc) is 2.46. The molecular formula is C11H14Br2O3. The van der Waals surface area contributed by atoms with Crippen molar-refractivity contribution in [1.82, 2.24) is 0 Å². The van der Waals surface area contributed by atoms with Gasteiger partial charge in [-0.2, -0.15) is 0 Å². The van der Waals surface area contributed by atoms with Crippen LogP contribution in [0.25, 0.3) is 0 Å². The normalized spacial score (nSPS) is 45.0. The lowest BCUT2D eigenvalue weighted by Gasteiger charge is -2.40. The zero-order valence-corrected chi connectivity index (χ0v) is 12.4. The number of hydrogen-bond acceptors (Lipinski definition) is 2. The lowest BCUT2D eigenvalue weighted by molar-refractivity contribution is -0.143. The van der Waals surface area contributed by atoms with E-state index in [4.69, 9.17) is 5.11 Å². The Hall–Kier alpha value is 0.1000. The molecule has 2 rings (SSSR count). The second kappa shape index (κ2) is 3.31. The molecule has 1 N–H and O–H groups in total. The molecule has 0 unspecified atom stereocenters. The summed E-state index contributed by atoms with van der Waals surface area (Å²) in [4.78, 5) is 23.3. The highest BCUT2D eigenvalue weighted by Gasteiger charge is 2.74. The quantitative estimate of drug-likeness (QED) is 0.776. The number of Topliss-reactive ketones (excluding diaryl/α,β-unsaturated/α-hetero) is 1. The molecule has 0 aromatic rings. The molecule has 0 spiro atoms. The fraction of sp³-hybridized carbons (Fsp3) is 0.818. The van der Waals surface area contributed by atoms with Crippen molar-refractivity contribution in [3.63, 3.8) is 0 Å². The molecule has 90 valence electrons. The minimum Gasteiger partial charge on any atom is -0.481 e. The van der Waals surface area contributed by atoms with Crippen LogP contribution in [0.3, 0.4) is 0 Å². The van der Waals surface area contributed by atoms with E-state index in [1.54, 1.807) is 0 Å². The van der Waals surface area contributed by atoms with Crippen LogP contribution >= 0.6 is 31.9 Å². The van der Waals surface area contributed by atoms with Gasteiger partial charge in [0.1, 0.15) is 0 Å². The standard InChI is InChI=1S/C11H14Br2O3/c1-9(2)8(16)11(13)4-3-10(9,7(11)12)5-6(14)15/h7H,3-5H2,1-2H3,(H,14,15)/t7-,10+,11+/m0/s1. The van der Waals surface area contributed by atoms with E-state index in [-0.39, 0.29) is 17.0 Å². The van der Waals surface area contributed by atoms with Gasteiger partial charge in [-0.3, -0.25) is 9.59 Å². The summed E-state index contributed by atoms with van der Waals surface area (Å²) in [5.41, 5.74) is -1.04. The van der Waals surface area contributed by atoms with Crippen LogP contribution in [0.15, 0.2) is 0 Å². The first-order chi connectivity index (χ1) is 7.18. The zero-order valence-electron chi connectivity index (χ0n) is 9.22. The van der Waals surface area contributed by atoms with Crippen molar-refractivity contribution < 1.29 is 14.7 Å². The van der Waals surface area contributed by atoms with Gasteiger partial charge < -0.3 is 5.11 Å². The molecule has 0 aromatic carbocycles. The van der Waals surface area contributed by atoms with Crippen molar-refractivity contribution in [1.29, 1.82) is 0 Å². The maximum atomic E-state index is 12.3. The third-order valence-corrected chi connectivity index (χ3v) is 7.97. The highest BCUT2D eigenvalue weighted by molar-refractivity contribution is 9.13. The number of carbonyl (C=O) groups excluding carboxylic acids is 1. The summed E-state index contributed by atoms with van der Waals surface area (Å²) in [6.07, 6.45) is 1.55. The summed E-state index contributed by atoms with van der Waals surface area (Å²) < 4.78 is -0.564. The Morgan fingerprint density at radius 2 is 2.06 bits per heavy atom. The first-order valence-electron chi connectivity index (χ1n) is 5.28. The number of alkyl halides is 2. The van der Waals surface area contributed by atoms with Gasteiger partial charge in [-0.25, -0.2) is 0 Å². The monoisotopic (exact) mass is 352 g/mol. The summed E-state index contributed by atoms with van der Waals surface area (Å²) in [6, 6.07) is 0. The number of halogens is 2. The Bertz CT molecular complexity index is 379. The van der Waals surface area contributed by atoms with Crippen LogP contribution in [-0.4, -0.2) is 26.0 Å². The molecule has 0 heterocycles. The molecule has 2 fully saturated rings. The van der Waals surface area contributed by atoms with Gasteiger partial charge in [0.05, 0.1) is 10.7 Å². The summed E-state index contributed by atoms with van der Waals surface area (Å²) >= 11 is 7.09. The van der Waals surface area contributed by atoms with Crippen LogP contribution in [0.1, 0.15) is 33.1 Å². The van der Waals surface area contributed by atoms with E-state index in [9.17, 15) is 9.59 Å². The molecule has 0 aromatic heterocycles. The SMILES string of the molecule is CC1(C)C(=O)[C@@]2(Br)CC[C@@]1(CC(=O)O)[C@@H]2Br. The van der Waals surface area contributed by atoms with E-state index in [1.807, 2.05) is 13.8 Å². The molecule has 0 aliphatic heterocycles. The van der Waals surface area contributed by atoms with Gasteiger partial charge in [-0.1, -0.05) is 45.7 Å². The smallest absolute Gasteiger partial charge is 0.303 e. The molecule has 0 saturated heterocycles. The molecule has 2 aliphatic rings. The molecule has 3 nitrogen and oxygen atoms in total. The maximum absolute atomic E-state index is 12.3. The van der Waals surface area contributed by atoms with Crippen LogP contribution in [0.5, 0.6) is 0 Å². The number of carboxylic acid groups (broad SMARTS) is 1. The first kappa shape index (κ1) is 12.6. The van der Waals surface area contributed by atoms with Gasteiger partial charge in [0.2, 0.25) is 0 Å². The van der Waals surface area contributed by atoms with Crippen molar-refractivity contribution in [3.8, 4) is 0 Å². The molecule has 2 aliphatic carbocycles. The highest BCUT2D eigenvalue weighted by Crippen LogP contribution is 2.70. The van der Waals surface area contributed by atoms with Gasteiger partial charge >= 0.3 is 5.97 Å². The molecular weight excluding hydrogens is 340 g/mol. The molecule has 2 saturated carbocycles. The van der Waals surface area contributed by atoms with Gasteiger partial charge in [0.25, 0.3) is 0 Å². The largest absolute Gasteiger partial charge is 0.481 e. The number of ketones is 1. The number of carbonyl (C=O) groups is 2. The van der Waals surface area contributed by atoms with Crippen molar-refractivity contribution in [2.24, 2.45) is 10.8 Å². The van der Waals surface area contributed by atoms with Crippen LogP contribution in [0.4, 0.5) is 0 Å². The Labute approximate surface area is 111 Å². The second-order valence-corrected chi connectivity index (χ2v) is 7.74. The van der Waals surface area contributed by atoms with E-state index in [0.717, 1.165) is 12.8 Å². The summed E-state index contributed by atoms with van der Waals surface area (Å²) in [7, 11) is 0. The molecule has 3 atom stereocenters. The van der Waals surface area contributed by atoms with Gasteiger partial charge in [-0.15, -0.1) is 0 Å². The van der Waals surface area contributed by atoms with E-state index in [0.29, 0.717) is 0 Å². The first-order valence-corrected chi connectivity index (χ1v) is 6.99. The Morgan fingerprint density at radius 1 is 1.50 bits per heavy atom. The third kappa shape index (κ3) is 1.19. The molecule has 16 heavy (non-hydrogen) atoms. The summed E-state index contributed by atoms with van der Waals surface area (Å²) in [6.45, 7) is 3.74. The van der Waals surface area contributed by atoms with E-state index in [2.05, 4.69) is 31.9 Å². The predicted octanol–water partition coefficient (Wildman–Crippen LogP) is 2.75. The molecule has 0 amide bonds. The molecule has 2 bridgehead atoms. The van der Waals surface area contributed by atoms with Gasteiger partial charge in [0.15, 0.2) is 5.78 Å². The number of carboxylic acids is 1. The third-order valence-electron chi connectivity index (χ3n) is 4.48. The van der Waals surface area contributed by atoms with Gasteiger partial charge in [-0.05, 0) is 12.8 Å². The van der Waals surface area contributed by atoms with E-state index >= 15 is 0 Å². The number of fused-ring (bicyclic) bond motifs is 2. The number of hydrogen-bond donors (Lipinski definition) is 1. The van der Waals surface area contributed by atoms with E-state index < -0.39 is 21.1 Å². The van der Waals surface area contributed by atoms with Gasteiger partial charge in [0, 0.05) is 15.7 Å². The lowest BCUT2D eigenvalue weighted by Crippen LogP contribution is -2.43. The topological polar surface area (TPSA) is 54.4 Å². The zero-order chi connectivity index (χ0) is 12.4. The van der Waals surface area contributed by atoms with Crippen LogP contribution in [-0.2, 0) is 9.59 Å². The fourth-order valence-corrected chi connectivity index (χ4v) is 5.90. The van der Waals surface area contributed by atoms with Crippen molar-refractivity contribution in [2.45, 2.75) is 42.3 Å². The van der Waals surface area contributed by atoms with E-state index in [1.165, 1.54) is 0 Å². The molecule has 5 heteroatoms. The minimum absolute atomic E-state index is 0.0506. The highest BCUT2D eigenvalue weighted by atomic mass is 79.9. The Kier molecular flexibility index (Phi) is 2.60. The lowest BCUT2D eigenvalue weighted by atomic mass is 9.63. The average molecular weight is 354 g/mol. The second-order valence-electron chi connectivity index (χ2n) is 5.41. The minimum atomic E-state index is -0.830. The molecule has 0 radical (unpaired) electrons. The fourth-order valence-electron chi connectivity index (χ4n) is 3.37. The summed E-state index contributed by atoms with van der Waals surface area (Å²) in [5, 5.41) is 9.06. The number of rotatable bonds is 2. The van der Waals surface area contributed by atoms with Crippen LogP contribution < -0.4 is 0 Å². The Morgan fingerprint density at radius 3 is 2.44 bits per heavy atom.